The number of sulfonamides is 1. The average molecular weight is 403 g/mol. The maximum atomic E-state index is 12.4. The molecule has 0 aromatic heterocycles. The van der Waals surface area contributed by atoms with E-state index < -0.39 is 16.1 Å². The number of benzene rings is 2. The van der Waals surface area contributed by atoms with Gasteiger partial charge in [0.05, 0.1) is 4.90 Å². The van der Waals surface area contributed by atoms with Crippen LogP contribution in [0.25, 0.3) is 0 Å². The van der Waals surface area contributed by atoms with Gasteiger partial charge in [-0.2, -0.15) is 0 Å². The fourth-order valence-electron chi connectivity index (χ4n) is 3.24. The van der Waals surface area contributed by atoms with Gasteiger partial charge < -0.3 is 10.1 Å². The molecular weight excluding hydrogens is 376 g/mol. The van der Waals surface area contributed by atoms with Gasteiger partial charge in [-0.3, -0.25) is 9.52 Å². The highest BCUT2D eigenvalue weighted by atomic mass is 32.2. The molecule has 1 fully saturated rings. The van der Waals surface area contributed by atoms with Gasteiger partial charge in [0.25, 0.3) is 15.9 Å². The van der Waals surface area contributed by atoms with E-state index in [4.69, 9.17) is 4.74 Å². The van der Waals surface area contributed by atoms with Crippen molar-refractivity contribution in [1.82, 2.24) is 5.32 Å². The summed E-state index contributed by atoms with van der Waals surface area (Å²) in [6.45, 7) is 1.69. The molecule has 0 radical (unpaired) electrons. The molecule has 2 aromatic carbocycles. The highest BCUT2D eigenvalue weighted by Crippen LogP contribution is 2.21. The molecule has 0 saturated heterocycles. The number of nitrogens with one attached hydrogen (secondary N) is 2. The largest absolute Gasteiger partial charge is 0.481 e. The summed E-state index contributed by atoms with van der Waals surface area (Å²) < 4.78 is 33.1. The molecule has 7 heteroatoms. The minimum atomic E-state index is -3.68. The standard InChI is InChI=1S/C21H26N2O4S/c1-16(21(24)22-17-8-4-2-5-9-17)27-19-12-14-20(15-13-19)28(25,26)23-18-10-6-3-7-11-18/h3,6-7,10-17,23H,2,4-5,8-9H2,1H3,(H,22,24)/t16-/m0/s1. The van der Waals surface area contributed by atoms with Gasteiger partial charge in [0.15, 0.2) is 6.10 Å². The Labute approximate surface area is 166 Å². The first kappa shape index (κ1) is 20.2. The zero-order valence-corrected chi connectivity index (χ0v) is 16.7. The summed E-state index contributed by atoms with van der Waals surface area (Å²) in [5, 5.41) is 3.03. The lowest BCUT2D eigenvalue weighted by Crippen LogP contribution is -2.43. The van der Waals surface area contributed by atoms with E-state index in [9.17, 15) is 13.2 Å². The third-order valence-electron chi connectivity index (χ3n) is 4.79. The van der Waals surface area contributed by atoms with Crippen LogP contribution in [0.3, 0.4) is 0 Å². The van der Waals surface area contributed by atoms with Crippen molar-refractivity contribution < 1.29 is 17.9 Å². The van der Waals surface area contributed by atoms with Crippen LogP contribution in [0.1, 0.15) is 39.0 Å². The summed E-state index contributed by atoms with van der Waals surface area (Å²) in [6.07, 6.45) is 4.90. The molecule has 1 amide bonds. The van der Waals surface area contributed by atoms with Crippen molar-refractivity contribution in [2.45, 2.75) is 56.1 Å². The number of rotatable bonds is 7. The SMILES string of the molecule is C[C@H](Oc1ccc(S(=O)(=O)Nc2ccccc2)cc1)C(=O)NC1CCCCC1. The minimum absolute atomic E-state index is 0.128. The molecule has 1 atom stereocenters. The quantitative estimate of drug-likeness (QED) is 0.739. The van der Waals surface area contributed by atoms with Crippen molar-refractivity contribution in [2.24, 2.45) is 0 Å². The van der Waals surface area contributed by atoms with Crippen molar-refractivity contribution in [3.63, 3.8) is 0 Å². The summed E-state index contributed by atoms with van der Waals surface area (Å²) in [5.74, 6) is 0.305. The molecule has 2 N–H and O–H groups in total. The predicted octanol–water partition coefficient (Wildman–Crippen LogP) is 3.70. The van der Waals surface area contributed by atoms with Crippen LogP contribution in [-0.2, 0) is 14.8 Å². The predicted molar refractivity (Wildman–Crippen MR) is 109 cm³/mol. The summed E-state index contributed by atoms with van der Waals surface area (Å²) >= 11 is 0. The first-order valence-electron chi connectivity index (χ1n) is 9.59. The van der Waals surface area contributed by atoms with E-state index in [0.29, 0.717) is 11.4 Å². The van der Waals surface area contributed by atoms with E-state index in [1.807, 2.05) is 6.07 Å². The zero-order chi connectivity index (χ0) is 20.0. The molecule has 1 aliphatic rings. The average Bonchev–Trinajstić information content (AvgIpc) is 2.69. The Kier molecular flexibility index (Phi) is 6.57. The van der Waals surface area contributed by atoms with E-state index >= 15 is 0 Å². The second-order valence-electron chi connectivity index (χ2n) is 7.05. The van der Waals surface area contributed by atoms with Crippen molar-refractivity contribution in [2.75, 3.05) is 4.72 Å². The Hall–Kier alpha value is -2.54. The number of ether oxygens (including phenoxy) is 1. The van der Waals surface area contributed by atoms with Crippen molar-refractivity contribution >= 4 is 21.6 Å². The van der Waals surface area contributed by atoms with Gasteiger partial charge in [-0.1, -0.05) is 37.5 Å². The fourth-order valence-corrected chi connectivity index (χ4v) is 4.30. The lowest BCUT2D eigenvalue weighted by Gasteiger charge is -2.24. The number of para-hydroxylation sites is 1. The Balaban J connectivity index is 1.58. The smallest absolute Gasteiger partial charge is 0.261 e. The summed E-state index contributed by atoms with van der Waals surface area (Å²) in [5.41, 5.74) is 0.496. The zero-order valence-electron chi connectivity index (χ0n) is 15.9. The van der Waals surface area contributed by atoms with Gasteiger partial charge in [-0.25, -0.2) is 8.42 Å². The van der Waals surface area contributed by atoms with Crippen LogP contribution in [0.5, 0.6) is 5.75 Å². The highest BCUT2D eigenvalue weighted by molar-refractivity contribution is 7.92. The van der Waals surface area contributed by atoms with Gasteiger partial charge in [0, 0.05) is 11.7 Å². The Morgan fingerprint density at radius 3 is 2.29 bits per heavy atom. The second-order valence-corrected chi connectivity index (χ2v) is 8.73. The number of carbonyl (C=O) groups excluding carboxylic acids is 1. The van der Waals surface area contributed by atoms with Crippen LogP contribution in [0, 0.1) is 0 Å². The van der Waals surface area contributed by atoms with Crippen molar-refractivity contribution in [3.05, 3.63) is 54.6 Å². The Morgan fingerprint density at radius 2 is 1.64 bits per heavy atom. The van der Waals surface area contributed by atoms with Gasteiger partial charge in [0.2, 0.25) is 0 Å². The highest BCUT2D eigenvalue weighted by Gasteiger charge is 2.21. The molecule has 1 aliphatic carbocycles. The normalized spacial score (nSPS) is 16.2. The van der Waals surface area contributed by atoms with E-state index in [0.717, 1.165) is 25.7 Å². The third kappa shape index (κ3) is 5.48. The third-order valence-corrected chi connectivity index (χ3v) is 6.19. The number of amides is 1. The van der Waals surface area contributed by atoms with Crippen molar-refractivity contribution in [3.8, 4) is 5.75 Å². The van der Waals surface area contributed by atoms with E-state index in [1.165, 1.54) is 18.6 Å². The molecular formula is C21H26N2O4S. The summed E-state index contributed by atoms with van der Waals surface area (Å²) in [6, 6.07) is 15.0. The fraction of sp³-hybridized carbons (Fsp3) is 0.381. The molecule has 150 valence electrons. The molecule has 0 bridgehead atoms. The van der Waals surface area contributed by atoms with Crippen molar-refractivity contribution in [1.29, 1.82) is 0 Å². The molecule has 6 nitrogen and oxygen atoms in total. The van der Waals surface area contributed by atoms with Crippen LogP contribution in [0.15, 0.2) is 59.5 Å². The van der Waals surface area contributed by atoms with Crippen LogP contribution in [-0.4, -0.2) is 26.5 Å². The maximum absolute atomic E-state index is 12.4. The number of hydrogen-bond donors (Lipinski definition) is 2. The van der Waals surface area contributed by atoms with E-state index in [2.05, 4.69) is 10.0 Å². The topological polar surface area (TPSA) is 84.5 Å². The van der Waals surface area contributed by atoms with Crippen LogP contribution >= 0.6 is 0 Å². The first-order valence-corrected chi connectivity index (χ1v) is 11.1. The summed E-state index contributed by atoms with van der Waals surface area (Å²) in [7, 11) is -3.68. The molecule has 1 saturated carbocycles. The van der Waals surface area contributed by atoms with E-state index in [1.54, 1.807) is 43.3 Å². The van der Waals surface area contributed by atoms with Gasteiger partial charge >= 0.3 is 0 Å². The molecule has 0 unspecified atom stereocenters. The summed E-state index contributed by atoms with van der Waals surface area (Å²) in [4.78, 5) is 12.4. The van der Waals surface area contributed by atoms with Gasteiger partial charge in [-0.15, -0.1) is 0 Å². The lowest BCUT2D eigenvalue weighted by molar-refractivity contribution is -0.128. The Morgan fingerprint density at radius 1 is 1.00 bits per heavy atom. The first-order chi connectivity index (χ1) is 13.4. The molecule has 2 aromatic rings. The van der Waals surface area contributed by atoms with Crippen LogP contribution in [0.4, 0.5) is 5.69 Å². The van der Waals surface area contributed by atoms with Crippen LogP contribution in [0.2, 0.25) is 0 Å². The Bertz CT molecular complexity index is 876. The number of anilines is 1. The second kappa shape index (κ2) is 9.10. The van der Waals surface area contributed by atoms with Crippen LogP contribution < -0.4 is 14.8 Å². The molecule has 0 aliphatic heterocycles. The lowest BCUT2D eigenvalue weighted by atomic mass is 9.95. The maximum Gasteiger partial charge on any atom is 0.261 e. The minimum Gasteiger partial charge on any atom is -0.481 e. The van der Waals surface area contributed by atoms with E-state index in [-0.39, 0.29) is 16.8 Å². The molecule has 28 heavy (non-hydrogen) atoms. The monoisotopic (exact) mass is 402 g/mol. The molecule has 0 spiro atoms. The number of hydrogen-bond acceptors (Lipinski definition) is 4. The molecule has 0 heterocycles. The number of carbonyl (C=O) groups is 1. The van der Waals surface area contributed by atoms with Gasteiger partial charge in [-0.05, 0) is 56.2 Å². The molecule has 3 rings (SSSR count). The van der Waals surface area contributed by atoms with Gasteiger partial charge in [0.1, 0.15) is 5.75 Å².